The number of para-hydroxylation sites is 1. The molecule has 1 aliphatic heterocycles. The molecule has 0 bridgehead atoms. The number of benzene rings is 1. The number of ether oxygens (including phenoxy) is 1. The van der Waals surface area contributed by atoms with Crippen molar-refractivity contribution < 1.29 is 14.3 Å². The molecule has 1 heterocycles. The zero-order chi connectivity index (χ0) is 14.5. The molecule has 1 aromatic carbocycles. The molecule has 1 fully saturated rings. The molecule has 0 aromatic heterocycles. The summed E-state index contributed by atoms with van der Waals surface area (Å²) in [6.07, 6.45) is 1.13. The van der Waals surface area contributed by atoms with Crippen molar-refractivity contribution in [3.05, 3.63) is 41.3 Å². The zero-order valence-electron chi connectivity index (χ0n) is 10.8. The Kier molecular flexibility index (Phi) is 4.54. The van der Waals surface area contributed by atoms with E-state index in [9.17, 15) is 9.59 Å². The largest absolute Gasteiger partial charge is 0.463 e. The second-order valence-electron chi connectivity index (χ2n) is 3.77. The average molecular weight is 291 g/mol. The number of hydrazine groups is 1. The Bertz CT molecular complexity index is 584. The van der Waals surface area contributed by atoms with Crippen LogP contribution in [-0.2, 0) is 14.3 Å². The van der Waals surface area contributed by atoms with Crippen LogP contribution in [-0.4, -0.2) is 28.7 Å². The lowest BCUT2D eigenvalue weighted by Crippen LogP contribution is -2.35. The van der Waals surface area contributed by atoms with Crippen LogP contribution < -0.4 is 5.84 Å². The molecule has 1 amide bonds. The van der Waals surface area contributed by atoms with E-state index in [0.717, 1.165) is 22.8 Å². The minimum absolute atomic E-state index is 0.195. The van der Waals surface area contributed by atoms with E-state index in [1.165, 1.54) is 0 Å². The van der Waals surface area contributed by atoms with E-state index in [1.54, 1.807) is 19.1 Å². The molecule has 7 heteroatoms. The molecule has 6 nitrogen and oxygen atoms in total. The maximum absolute atomic E-state index is 11.9. The third-order valence-electron chi connectivity index (χ3n) is 2.35. The normalized spacial score (nSPS) is 18.9. The number of aliphatic imine (C=N–C) groups is 1. The van der Waals surface area contributed by atoms with Crippen LogP contribution in [0.3, 0.4) is 0 Å². The molecule has 104 valence electrons. The maximum Gasteiger partial charge on any atom is 0.332 e. The van der Waals surface area contributed by atoms with E-state index in [1.807, 2.05) is 18.2 Å². The molecule has 0 atom stereocenters. The first kappa shape index (κ1) is 14.3. The van der Waals surface area contributed by atoms with Crippen LogP contribution in [0, 0.1) is 0 Å². The third-order valence-corrected chi connectivity index (χ3v) is 3.34. The summed E-state index contributed by atoms with van der Waals surface area (Å²) in [5.74, 6) is 4.60. The summed E-state index contributed by atoms with van der Waals surface area (Å²) in [7, 11) is 0. The Morgan fingerprint density at radius 1 is 1.45 bits per heavy atom. The van der Waals surface area contributed by atoms with Crippen molar-refractivity contribution in [2.24, 2.45) is 10.8 Å². The van der Waals surface area contributed by atoms with Crippen LogP contribution in [0.2, 0.25) is 0 Å². The molecule has 0 aliphatic carbocycles. The van der Waals surface area contributed by atoms with Gasteiger partial charge in [0, 0.05) is 6.08 Å². The molecule has 20 heavy (non-hydrogen) atoms. The van der Waals surface area contributed by atoms with Crippen LogP contribution >= 0.6 is 11.8 Å². The van der Waals surface area contributed by atoms with Crippen LogP contribution in [0.1, 0.15) is 6.92 Å². The average Bonchev–Trinajstić information content (AvgIpc) is 2.69. The van der Waals surface area contributed by atoms with Gasteiger partial charge in [-0.05, 0) is 30.8 Å². The van der Waals surface area contributed by atoms with Crippen molar-refractivity contribution in [3.8, 4) is 0 Å². The summed E-state index contributed by atoms with van der Waals surface area (Å²) in [4.78, 5) is 27.7. The molecule has 1 aliphatic rings. The van der Waals surface area contributed by atoms with Gasteiger partial charge in [-0.3, -0.25) is 4.79 Å². The van der Waals surface area contributed by atoms with Crippen LogP contribution in [0.4, 0.5) is 5.69 Å². The lowest BCUT2D eigenvalue weighted by molar-refractivity contribution is -0.137. The van der Waals surface area contributed by atoms with E-state index >= 15 is 0 Å². The van der Waals surface area contributed by atoms with E-state index in [-0.39, 0.29) is 11.5 Å². The predicted octanol–water partition coefficient (Wildman–Crippen LogP) is 1.57. The van der Waals surface area contributed by atoms with E-state index in [4.69, 9.17) is 10.6 Å². The smallest absolute Gasteiger partial charge is 0.332 e. The summed E-state index contributed by atoms with van der Waals surface area (Å²) in [5.41, 5.74) is 0.677. The second kappa shape index (κ2) is 6.36. The van der Waals surface area contributed by atoms with Crippen molar-refractivity contribution in [1.29, 1.82) is 0 Å². The van der Waals surface area contributed by atoms with Crippen molar-refractivity contribution >= 4 is 34.5 Å². The third kappa shape index (κ3) is 3.25. The minimum Gasteiger partial charge on any atom is -0.463 e. The molecule has 1 saturated heterocycles. The molecule has 1 aromatic rings. The van der Waals surface area contributed by atoms with Crippen LogP contribution in [0.15, 0.2) is 46.3 Å². The Balaban J connectivity index is 2.21. The van der Waals surface area contributed by atoms with Crippen molar-refractivity contribution in [3.63, 3.8) is 0 Å². The first-order valence-electron chi connectivity index (χ1n) is 5.91. The van der Waals surface area contributed by atoms with Gasteiger partial charge in [0.2, 0.25) is 0 Å². The summed E-state index contributed by atoms with van der Waals surface area (Å²) in [6, 6.07) is 9.11. The Labute approximate surface area is 120 Å². The maximum atomic E-state index is 11.9. The zero-order valence-corrected chi connectivity index (χ0v) is 11.6. The quantitative estimate of drug-likeness (QED) is 0.395. The van der Waals surface area contributed by atoms with Gasteiger partial charge in [0.15, 0.2) is 5.17 Å². The van der Waals surface area contributed by atoms with Gasteiger partial charge in [-0.25, -0.2) is 20.6 Å². The highest BCUT2D eigenvalue weighted by molar-refractivity contribution is 8.18. The number of nitrogens with zero attached hydrogens (tertiary/aromatic N) is 2. The summed E-state index contributed by atoms with van der Waals surface area (Å²) in [5, 5.41) is 1.24. The summed E-state index contributed by atoms with van der Waals surface area (Å²) >= 11 is 1.04. The number of rotatable bonds is 3. The molecular formula is C13H13N3O3S. The summed E-state index contributed by atoms with van der Waals surface area (Å²) in [6.45, 7) is 1.94. The Morgan fingerprint density at radius 3 is 2.80 bits per heavy atom. The molecule has 0 radical (unpaired) electrons. The van der Waals surface area contributed by atoms with E-state index in [2.05, 4.69) is 4.99 Å². The van der Waals surface area contributed by atoms with Crippen LogP contribution in [0.25, 0.3) is 0 Å². The number of thioether (sulfide) groups is 1. The highest BCUT2D eigenvalue weighted by atomic mass is 32.2. The fourth-order valence-electron chi connectivity index (χ4n) is 1.47. The molecule has 0 spiro atoms. The van der Waals surface area contributed by atoms with Gasteiger partial charge in [0.25, 0.3) is 5.91 Å². The van der Waals surface area contributed by atoms with Gasteiger partial charge >= 0.3 is 5.97 Å². The molecular weight excluding hydrogens is 278 g/mol. The first-order valence-corrected chi connectivity index (χ1v) is 6.72. The molecule has 2 N–H and O–H groups in total. The van der Waals surface area contributed by atoms with E-state index < -0.39 is 11.9 Å². The SMILES string of the molecule is CCOC(=O)/C=C1\SC(=Nc2ccccc2)N(N)C1=O. The van der Waals surface area contributed by atoms with E-state index in [0.29, 0.717) is 10.9 Å². The Morgan fingerprint density at radius 2 is 2.15 bits per heavy atom. The van der Waals surface area contributed by atoms with Gasteiger partial charge in [0.1, 0.15) is 0 Å². The monoisotopic (exact) mass is 291 g/mol. The van der Waals surface area contributed by atoms with Gasteiger partial charge in [0.05, 0.1) is 17.2 Å². The number of amides is 1. The second-order valence-corrected chi connectivity index (χ2v) is 4.78. The number of nitrogens with two attached hydrogens (primary N) is 1. The molecule has 0 unspecified atom stereocenters. The van der Waals surface area contributed by atoms with Gasteiger partial charge in [-0.15, -0.1) is 0 Å². The molecule has 2 rings (SSSR count). The van der Waals surface area contributed by atoms with Gasteiger partial charge in [-0.1, -0.05) is 18.2 Å². The van der Waals surface area contributed by atoms with Crippen molar-refractivity contribution in [2.45, 2.75) is 6.92 Å². The van der Waals surface area contributed by atoms with Gasteiger partial charge < -0.3 is 4.74 Å². The predicted molar refractivity (Wildman–Crippen MR) is 76.9 cm³/mol. The number of hydrogen-bond acceptors (Lipinski definition) is 6. The lowest BCUT2D eigenvalue weighted by Gasteiger charge is -2.06. The topological polar surface area (TPSA) is 85.0 Å². The van der Waals surface area contributed by atoms with Crippen LogP contribution in [0.5, 0.6) is 0 Å². The summed E-state index contributed by atoms with van der Waals surface area (Å²) < 4.78 is 4.76. The number of hydrogen-bond donors (Lipinski definition) is 1. The number of amidine groups is 1. The standard InChI is InChI=1S/C13H13N3O3S/c1-2-19-11(17)8-10-12(18)16(14)13(20-10)15-9-6-4-3-5-7-9/h3-8H,2,14H2,1H3/b10-8-,15-13?. The number of esters is 1. The number of carbonyl (C=O) groups excluding carboxylic acids is 2. The fraction of sp³-hybridized carbons (Fsp3) is 0.154. The highest BCUT2D eigenvalue weighted by Crippen LogP contribution is 2.30. The lowest BCUT2D eigenvalue weighted by atomic mass is 10.3. The minimum atomic E-state index is -0.572. The fourth-order valence-corrected chi connectivity index (χ4v) is 2.34. The first-order chi connectivity index (χ1) is 9.61. The van der Waals surface area contributed by atoms with Crippen molar-refractivity contribution in [2.75, 3.05) is 6.61 Å². The molecule has 0 saturated carbocycles. The highest BCUT2D eigenvalue weighted by Gasteiger charge is 2.32. The Hall–Kier alpha value is -2.12. The van der Waals surface area contributed by atoms with Crippen molar-refractivity contribution in [1.82, 2.24) is 5.01 Å². The number of carbonyl (C=O) groups is 2. The van der Waals surface area contributed by atoms with Gasteiger partial charge in [-0.2, -0.15) is 0 Å².